The van der Waals surface area contributed by atoms with Gasteiger partial charge in [0.1, 0.15) is 0 Å². The Hall–Kier alpha value is -4.79. The van der Waals surface area contributed by atoms with E-state index in [2.05, 4.69) is 44.2 Å². The van der Waals surface area contributed by atoms with E-state index in [4.69, 9.17) is 20.3 Å². The average Bonchev–Trinajstić information content (AvgIpc) is 3.60. The van der Waals surface area contributed by atoms with Gasteiger partial charge >= 0.3 is 5.97 Å². The molecule has 0 fully saturated rings. The van der Waals surface area contributed by atoms with Gasteiger partial charge < -0.3 is 5.11 Å². The van der Waals surface area contributed by atoms with Gasteiger partial charge in [0.15, 0.2) is 5.65 Å². The van der Waals surface area contributed by atoms with Crippen molar-refractivity contribution in [2.24, 2.45) is 7.05 Å². The molecule has 0 aliphatic carbocycles. The summed E-state index contributed by atoms with van der Waals surface area (Å²) in [6.07, 6.45) is 4.81. The van der Waals surface area contributed by atoms with Gasteiger partial charge in [0.05, 0.1) is 28.2 Å². The minimum absolute atomic E-state index is 0.262. The van der Waals surface area contributed by atoms with Crippen molar-refractivity contribution in [2.75, 3.05) is 0 Å². The minimum Gasteiger partial charge on any atom is -0.478 e. The molecule has 202 valence electrons. The molecule has 0 bridgehead atoms. The Balaban J connectivity index is 1.39. The number of aryl methyl sites for hydroxylation is 4. The molecule has 0 amide bonds. The van der Waals surface area contributed by atoms with Crippen LogP contribution in [0.25, 0.3) is 38.9 Å². The number of carboxylic acids is 1. The zero-order valence-corrected chi connectivity index (χ0v) is 23.3. The van der Waals surface area contributed by atoms with Crippen LogP contribution >= 0.6 is 0 Å². The third-order valence-electron chi connectivity index (χ3n) is 7.42. The lowest BCUT2D eigenvalue weighted by molar-refractivity contribution is 0.0697. The maximum atomic E-state index is 11.2. The Bertz CT molecular complexity index is 1890. The Morgan fingerprint density at radius 1 is 1.00 bits per heavy atom. The monoisotopic (exact) mass is 533 g/mol. The van der Waals surface area contributed by atoms with E-state index < -0.39 is 5.97 Å². The summed E-state index contributed by atoms with van der Waals surface area (Å²) in [6, 6.07) is 15.3. The van der Waals surface area contributed by atoms with E-state index in [-0.39, 0.29) is 5.92 Å². The molecular weight excluding hydrogens is 502 g/mol. The quantitative estimate of drug-likeness (QED) is 0.276. The van der Waals surface area contributed by atoms with Gasteiger partial charge in [0.25, 0.3) is 0 Å². The number of carbonyl (C=O) groups is 1. The molecule has 9 nitrogen and oxygen atoms in total. The van der Waals surface area contributed by atoms with Crippen molar-refractivity contribution in [1.29, 1.82) is 0 Å². The molecule has 4 aromatic heterocycles. The molecule has 2 aromatic carbocycles. The zero-order chi connectivity index (χ0) is 28.1. The minimum atomic E-state index is -0.917. The van der Waals surface area contributed by atoms with E-state index in [1.807, 2.05) is 53.8 Å². The molecule has 0 atom stereocenters. The van der Waals surface area contributed by atoms with Crippen LogP contribution < -0.4 is 0 Å². The Kier molecular flexibility index (Phi) is 6.21. The van der Waals surface area contributed by atoms with Crippen LogP contribution in [0.5, 0.6) is 0 Å². The highest BCUT2D eigenvalue weighted by Gasteiger charge is 2.23. The van der Waals surface area contributed by atoms with E-state index in [1.165, 1.54) is 5.56 Å². The van der Waals surface area contributed by atoms with Crippen molar-refractivity contribution < 1.29 is 9.90 Å². The van der Waals surface area contributed by atoms with Crippen LogP contribution in [0.15, 0.2) is 60.9 Å². The van der Waals surface area contributed by atoms with Gasteiger partial charge in [0, 0.05) is 53.6 Å². The fourth-order valence-electron chi connectivity index (χ4n) is 5.48. The van der Waals surface area contributed by atoms with Crippen molar-refractivity contribution >= 4 is 27.9 Å². The first-order chi connectivity index (χ1) is 19.2. The van der Waals surface area contributed by atoms with E-state index >= 15 is 0 Å². The van der Waals surface area contributed by atoms with E-state index in [9.17, 15) is 4.79 Å². The number of aromatic carboxylic acids is 1. The van der Waals surface area contributed by atoms with Gasteiger partial charge in [-0.05, 0) is 56.0 Å². The normalized spacial score (nSPS) is 11.8. The largest absolute Gasteiger partial charge is 0.478 e. The maximum absolute atomic E-state index is 11.2. The number of fused-ring (bicyclic) bond motifs is 2. The highest BCUT2D eigenvalue weighted by atomic mass is 16.4. The van der Waals surface area contributed by atoms with Gasteiger partial charge in [0.2, 0.25) is 0 Å². The molecule has 0 unspecified atom stereocenters. The van der Waals surface area contributed by atoms with Gasteiger partial charge in [-0.15, -0.1) is 0 Å². The van der Waals surface area contributed by atoms with Gasteiger partial charge in [-0.3, -0.25) is 9.36 Å². The number of rotatable bonds is 7. The number of hydrogen-bond acceptors (Lipinski definition) is 5. The van der Waals surface area contributed by atoms with Crippen LogP contribution in [0.3, 0.4) is 0 Å². The average molecular weight is 534 g/mol. The van der Waals surface area contributed by atoms with Crippen molar-refractivity contribution in [3.8, 4) is 16.9 Å². The summed E-state index contributed by atoms with van der Waals surface area (Å²) in [5, 5.41) is 25.7. The van der Waals surface area contributed by atoms with Crippen LogP contribution in [-0.2, 0) is 20.0 Å². The molecule has 0 spiro atoms. The van der Waals surface area contributed by atoms with E-state index in [1.54, 1.807) is 16.8 Å². The predicted molar refractivity (Wildman–Crippen MR) is 155 cm³/mol. The second kappa shape index (κ2) is 9.75. The molecule has 6 rings (SSSR count). The summed E-state index contributed by atoms with van der Waals surface area (Å²) in [5.74, 6) is -0.655. The molecule has 9 heteroatoms. The number of nitrogens with zero attached hydrogens (tertiary/aromatic N) is 7. The molecule has 0 aliphatic heterocycles. The molecule has 4 heterocycles. The third kappa shape index (κ3) is 4.43. The summed E-state index contributed by atoms with van der Waals surface area (Å²) in [7, 11) is 1.90. The second-order valence-electron chi connectivity index (χ2n) is 10.6. The maximum Gasteiger partial charge on any atom is 0.335 e. The van der Waals surface area contributed by atoms with E-state index in [0.29, 0.717) is 12.1 Å². The molecule has 0 saturated carbocycles. The van der Waals surface area contributed by atoms with Crippen LogP contribution in [-0.4, -0.2) is 45.4 Å². The third-order valence-corrected chi connectivity index (χ3v) is 7.42. The zero-order valence-electron chi connectivity index (χ0n) is 23.3. The Morgan fingerprint density at radius 3 is 2.50 bits per heavy atom. The number of carboxylic acid groups (broad SMARTS) is 1. The van der Waals surface area contributed by atoms with Crippen molar-refractivity contribution in [3.05, 3.63) is 89.0 Å². The van der Waals surface area contributed by atoms with Gasteiger partial charge in [-0.25, -0.2) is 14.5 Å². The summed E-state index contributed by atoms with van der Waals surface area (Å²) < 4.78 is 5.76. The fourth-order valence-corrected chi connectivity index (χ4v) is 5.48. The number of aromatic nitrogens is 7. The summed E-state index contributed by atoms with van der Waals surface area (Å²) in [5.41, 5.74) is 9.11. The smallest absolute Gasteiger partial charge is 0.335 e. The number of pyridine rings is 1. The highest BCUT2D eigenvalue weighted by molar-refractivity contribution is 5.94. The SMILES string of the molecule is Cc1nc2nn(C)cc2cc1-n1nc(-c2cccc3nn(CCc4ccc(C(=O)O)cc4)cc23)c(C(C)C)c1C. The lowest BCUT2D eigenvalue weighted by atomic mass is 9.95. The first-order valence-corrected chi connectivity index (χ1v) is 13.4. The molecule has 0 radical (unpaired) electrons. The lowest BCUT2D eigenvalue weighted by Gasteiger charge is -2.10. The van der Waals surface area contributed by atoms with Gasteiger partial charge in [-0.2, -0.15) is 15.3 Å². The van der Waals surface area contributed by atoms with Crippen molar-refractivity contribution in [1.82, 2.24) is 34.3 Å². The summed E-state index contributed by atoms with van der Waals surface area (Å²) in [4.78, 5) is 15.9. The molecule has 40 heavy (non-hydrogen) atoms. The molecule has 0 saturated heterocycles. The first-order valence-electron chi connectivity index (χ1n) is 13.4. The van der Waals surface area contributed by atoms with Crippen LogP contribution in [0.1, 0.15) is 52.6 Å². The Morgan fingerprint density at radius 2 is 1.77 bits per heavy atom. The Labute approximate surface area is 231 Å². The van der Waals surface area contributed by atoms with Gasteiger partial charge in [-0.1, -0.05) is 38.1 Å². The van der Waals surface area contributed by atoms with E-state index in [0.717, 1.165) is 62.3 Å². The van der Waals surface area contributed by atoms with Crippen LogP contribution in [0.2, 0.25) is 0 Å². The van der Waals surface area contributed by atoms with Crippen LogP contribution in [0.4, 0.5) is 0 Å². The van der Waals surface area contributed by atoms with Crippen LogP contribution in [0, 0.1) is 13.8 Å². The fraction of sp³-hybridized carbons (Fsp3) is 0.258. The van der Waals surface area contributed by atoms with Crippen molar-refractivity contribution in [3.63, 3.8) is 0 Å². The number of hydrogen-bond donors (Lipinski definition) is 1. The molecule has 6 aromatic rings. The standard InChI is InChI=1S/C31H31N7O2/c1-18(2)28-20(4)38(27-15-23-16-36(5)35-30(23)32-19(27)3)34-29(28)24-7-6-8-26-25(24)17-37(33-26)14-13-21-9-11-22(12-10-21)31(39)40/h6-12,15-18H,13-14H2,1-5H3,(H,39,40). The molecule has 1 N–H and O–H groups in total. The van der Waals surface area contributed by atoms with Crippen molar-refractivity contribution in [2.45, 2.75) is 46.6 Å². The highest BCUT2D eigenvalue weighted by Crippen LogP contribution is 2.36. The second-order valence-corrected chi connectivity index (χ2v) is 10.6. The summed E-state index contributed by atoms with van der Waals surface area (Å²) in [6.45, 7) is 9.21. The molecule has 0 aliphatic rings. The molecular formula is C31H31N7O2. The lowest BCUT2D eigenvalue weighted by Crippen LogP contribution is -2.04. The number of benzene rings is 2. The summed E-state index contributed by atoms with van der Waals surface area (Å²) >= 11 is 0. The topological polar surface area (TPSA) is 104 Å². The predicted octanol–water partition coefficient (Wildman–Crippen LogP) is 5.85. The first kappa shape index (κ1) is 25.5.